The van der Waals surface area contributed by atoms with Gasteiger partial charge >= 0.3 is 0 Å². The Hall–Kier alpha value is -2.23. The Bertz CT molecular complexity index is 997. The smallest absolute Gasteiger partial charge is 0.232 e. The molecular weight excluding hydrogens is 412 g/mol. The predicted octanol–water partition coefficient (Wildman–Crippen LogP) is 3.72. The fraction of sp³-hybridized carbons (Fsp3) is 0.263. The minimum atomic E-state index is -0.448. The number of rotatable bonds is 8. The molecule has 0 atom stereocenters. The zero-order chi connectivity index (χ0) is 20.1. The molecule has 0 aliphatic carbocycles. The fourth-order valence-electron chi connectivity index (χ4n) is 2.48. The van der Waals surface area contributed by atoms with Crippen LogP contribution in [-0.4, -0.2) is 21.8 Å². The highest BCUT2D eigenvalue weighted by molar-refractivity contribution is 8.00. The molecule has 0 radical (unpaired) electrons. The first kappa shape index (κ1) is 20.5. The fourth-order valence-corrected chi connectivity index (χ4v) is 5.12. The molecule has 2 heterocycles. The van der Waals surface area contributed by atoms with Crippen molar-refractivity contribution < 1.29 is 9.59 Å². The van der Waals surface area contributed by atoms with Crippen molar-refractivity contribution in [2.75, 3.05) is 5.32 Å². The average Bonchev–Trinajstić information content (AvgIpc) is 3.24. The van der Waals surface area contributed by atoms with Gasteiger partial charge in [-0.3, -0.25) is 9.59 Å². The summed E-state index contributed by atoms with van der Waals surface area (Å²) in [7, 11) is 0. The number of anilines is 1. The van der Waals surface area contributed by atoms with E-state index in [1.54, 1.807) is 28.5 Å². The molecule has 6 nitrogen and oxygen atoms in total. The lowest BCUT2D eigenvalue weighted by molar-refractivity contribution is -0.117. The Balaban J connectivity index is 1.52. The van der Waals surface area contributed by atoms with Crippen LogP contribution in [0.4, 0.5) is 5.13 Å². The SMILES string of the molecule is Cc1ccc(C)c(CSc2nc(CC(=O)Nc3nc(CC(N)=O)cs3)cs2)c1. The van der Waals surface area contributed by atoms with Gasteiger partial charge in [-0.25, -0.2) is 9.97 Å². The third-order valence-electron chi connectivity index (χ3n) is 3.88. The van der Waals surface area contributed by atoms with Crippen LogP contribution >= 0.6 is 34.4 Å². The van der Waals surface area contributed by atoms with Crippen molar-refractivity contribution in [2.45, 2.75) is 36.8 Å². The Kier molecular flexibility index (Phi) is 6.82. The first-order valence-electron chi connectivity index (χ1n) is 8.55. The summed E-state index contributed by atoms with van der Waals surface area (Å²) in [5, 5.41) is 6.82. The van der Waals surface area contributed by atoms with Gasteiger partial charge in [-0.2, -0.15) is 0 Å². The lowest BCUT2D eigenvalue weighted by Crippen LogP contribution is -2.15. The molecule has 1 aromatic carbocycles. The lowest BCUT2D eigenvalue weighted by atomic mass is 10.1. The van der Waals surface area contributed by atoms with E-state index in [1.165, 1.54) is 28.0 Å². The molecule has 2 aromatic heterocycles. The minimum Gasteiger partial charge on any atom is -0.369 e. The zero-order valence-corrected chi connectivity index (χ0v) is 18.0. The van der Waals surface area contributed by atoms with Crippen molar-refractivity contribution in [3.63, 3.8) is 0 Å². The maximum atomic E-state index is 12.2. The molecule has 146 valence electrons. The van der Waals surface area contributed by atoms with Gasteiger partial charge in [0.1, 0.15) is 4.34 Å². The van der Waals surface area contributed by atoms with Crippen LogP contribution in [0.15, 0.2) is 33.3 Å². The molecule has 0 aliphatic heterocycles. The molecule has 0 fully saturated rings. The van der Waals surface area contributed by atoms with Gasteiger partial charge in [0.2, 0.25) is 11.8 Å². The van der Waals surface area contributed by atoms with E-state index >= 15 is 0 Å². The average molecular weight is 433 g/mol. The molecule has 0 bridgehead atoms. The molecule has 0 spiro atoms. The second-order valence-corrected chi connectivity index (χ2v) is 9.27. The lowest BCUT2D eigenvalue weighted by Gasteiger charge is -2.05. The Morgan fingerprint density at radius 3 is 2.64 bits per heavy atom. The largest absolute Gasteiger partial charge is 0.369 e. The van der Waals surface area contributed by atoms with Crippen molar-refractivity contribution >= 4 is 51.4 Å². The molecule has 3 aromatic rings. The van der Waals surface area contributed by atoms with E-state index in [-0.39, 0.29) is 18.7 Å². The van der Waals surface area contributed by atoms with Crippen LogP contribution < -0.4 is 11.1 Å². The summed E-state index contributed by atoms with van der Waals surface area (Å²) in [6, 6.07) is 6.45. The number of amides is 2. The van der Waals surface area contributed by atoms with Gasteiger partial charge in [0.05, 0.1) is 24.2 Å². The summed E-state index contributed by atoms with van der Waals surface area (Å²) in [5.74, 6) is 0.224. The molecule has 2 amide bonds. The third-order valence-corrected chi connectivity index (χ3v) is 6.81. The summed E-state index contributed by atoms with van der Waals surface area (Å²) in [6.45, 7) is 4.20. The second-order valence-electron chi connectivity index (χ2n) is 6.34. The number of hydrogen-bond donors (Lipinski definition) is 2. The number of aromatic nitrogens is 2. The highest BCUT2D eigenvalue weighted by Gasteiger charge is 2.12. The molecule has 0 saturated heterocycles. The first-order valence-corrected chi connectivity index (χ1v) is 11.3. The summed E-state index contributed by atoms with van der Waals surface area (Å²) < 4.78 is 0.946. The number of nitrogens with one attached hydrogen (secondary N) is 1. The molecule has 28 heavy (non-hydrogen) atoms. The Labute approximate surface area is 175 Å². The molecular formula is C19H20N4O2S3. The maximum Gasteiger partial charge on any atom is 0.232 e. The van der Waals surface area contributed by atoms with E-state index in [9.17, 15) is 9.59 Å². The van der Waals surface area contributed by atoms with Gasteiger partial charge in [-0.15, -0.1) is 22.7 Å². The second kappa shape index (κ2) is 9.31. The molecule has 3 rings (SSSR count). The standard InChI is InChI=1S/C19H20N4O2S3/c1-11-3-4-12(2)13(5-11)8-27-19-22-15(10-28-19)7-17(25)23-18-21-14(9-26-18)6-16(20)24/h3-5,9-10H,6-8H2,1-2H3,(H2,20,24)(H,21,23,25). The van der Waals surface area contributed by atoms with Crippen LogP contribution in [0.5, 0.6) is 0 Å². The van der Waals surface area contributed by atoms with Crippen LogP contribution in [0.1, 0.15) is 28.1 Å². The normalized spacial score (nSPS) is 10.8. The number of primary amides is 1. The van der Waals surface area contributed by atoms with Gasteiger partial charge < -0.3 is 11.1 Å². The van der Waals surface area contributed by atoms with Gasteiger partial charge in [0, 0.05) is 16.5 Å². The first-order chi connectivity index (χ1) is 13.4. The van der Waals surface area contributed by atoms with Gasteiger partial charge in [-0.05, 0) is 25.0 Å². The van der Waals surface area contributed by atoms with Crippen molar-refractivity contribution in [1.29, 1.82) is 0 Å². The maximum absolute atomic E-state index is 12.2. The topological polar surface area (TPSA) is 98.0 Å². The zero-order valence-electron chi connectivity index (χ0n) is 15.5. The Morgan fingerprint density at radius 1 is 1.11 bits per heavy atom. The van der Waals surface area contributed by atoms with E-state index in [0.717, 1.165) is 15.8 Å². The van der Waals surface area contributed by atoms with Crippen LogP contribution in [0.2, 0.25) is 0 Å². The quantitative estimate of drug-likeness (QED) is 0.529. The Morgan fingerprint density at radius 2 is 1.86 bits per heavy atom. The van der Waals surface area contributed by atoms with Crippen molar-refractivity contribution in [3.8, 4) is 0 Å². The number of benzene rings is 1. The van der Waals surface area contributed by atoms with Gasteiger partial charge in [0.25, 0.3) is 0 Å². The van der Waals surface area contributed by atoms with Crippen molar-refractivity contribution in [1.82, 2.24) is 9.97 Å². The predicted molar refractivity (Wildman–Crippen MR) is 115 cm³/mol. The number of nitrogens with two attached hydrogens (primary N) is 1. The van der Waals surface area contributed by atoms with E-state index < -0.39 is 5.91 Å². The highest BCUT2D eigenvalue weighted by atomic mass is 32.2. The number of nitrogens with zero attached hydrogens (tertiary/aromatic N) is 2. The van der Waals surface area contributed by atoms with Crippen LogP contribution in [0.3, 0.4) is 0 Å². The van der Waals surface area contributed by atoms with E-state index in [4.69, 9.17) is 5.73 Å². The minimum absolute atomic E-state index is 0.0689. The number of thioether (sulfide) groups is 1. The third kappa shape index (κ3) is 5.88. The van der Waals surface area contributed by atoms with E-state index in [1.807, 2.05) is 5.38 Å². The molecule has 0 saturated carbocycles. The molecule has 0 aliphatic rings. The monoisotopic (exact) mass is 432 g/mol. The van der Waals surface area contributed by atoms with E-state index in [0.29, 0.717) is 10.8 Å². The summed E-state index contributed by atoms with van der Waals surface area (Å²) in [5.41, 5.74) is 10.3. The van der Waals surface area contributed by atoms with E-state index in [2.05, 4.69) is 47.3 Å². The van der Waals surface area contributed by atoms with Crippen LogP contribution in [-0.2, 0) is 28.2 Å². The van der Waals surface area contributed by atoms with Gasteiger partial charge in [0.15, 0.2) is 5.13 Å². The van der Waals surface area contributed by atoms with Crippen LogP contribution in [0.25, 0.3) is 0 Å². The number of carbonyl (C=O) groups is 2. The van der Waals surface area contributed by atoms with Crippen molar-refractivity contribution in [3.05, 3.63) is 57.0 Å². The van der Waals surface area contributed by atoms with Crippen molar-refractivity contribution in [2.24, 2.45) is 5.73 Å². The summed E-state index contributed by atoms with van der Waals surface area (Å²) in [6.07, 6.45) is 0.255. The number of hydrogen-bond acceptors (Lipinski definition) is 7. The summed E-state index contributed by atoms with van der Waals surface area (Å²) in [4.78, 5) is 31.8. The number of aryl methyl sites for hydroxylation is 2. The van der Waals surface area contributed by atoms with Crippen LogP contribution in [0, 0.1) is 13.8 Å². The molecule has 0 unspecified atom stereocenters. The van der Waals surface area contributed by atoms with Gasteiger partial charge in [-0.1, -0.05) is 35.5 Å². The highest BCUT2D eigenvalue weighted by Crippen LogP contribution is 2.28. The molecule has 9 heteroatoms. The number of carbonyl (C=O) groups excluding carboxylic acids is 2. The summed E-state index contributed by atoms with van der Waals surface area (Å²) >= 11 is 4.50. The molecule has 3 N–H and O–H groups in total. The number of thiazole rings is 2.